The predicted molar refractivity (Wildman–Crippen MR) is 102 cm³/mol. The summed E-state index contributed by atoms with van der Waals surface area (Å²) in [6.07, 6.45) is -4.20. The van der Waals surface area contributed by atoms with E-state index >= 15 is 0 Å². The van der Waals surface area contributed by atoms with Crippen molar-refractivity contribution in [2.24, 2.45) is 5.16 Å². The van der Waals surface area contributed by atoms with E-state index in [4.69, 9.17) is 4.74 Å². The first-order valence-corrected chi connectivity index (χ1v) is 10.6. The van der Waals surface area contributed by atoms with Gasteiger partial charge in [-0.1, -0.05) is 35.1 Å². The second-order valence-corrected chi connectivity index (χ2v) is 8.46. The van der Waals surface area contributed by atoms with Crippen molar-refractivity contribution < 1.29 is 93.8 Å². The van der Waals surface area contributed by atoms with E-state index in [1.807, 2.05) is 18.2 Å². The molecule has 0 amide bonds. The van der Waals surface area contributed by atoms with Gasteiger partial charge in [-0.05, 0) is 11.6 Å². The normalized spacial score (nSPS) is 27.6. The molecule has 5 atom stereocenters. The molecule has 1 saturated heterocycles. The number of para-hydroxylation sites is 1. The van der Waals surface area contributed by atoms with Gasteiger partial charge in [-0.3, -0.25) is 4.28 Å². The van der Waals surface area contributed by atoms with E-state index in [0.717, 1.165) is 10.9 Å². The SMILES string of the molecule is O=S(=O)([O-])O/N=C(/Cc1c[nH]c2ccccc12)SC1OC(CO)C(O)C(O)C1O.[K+]. The number of aromatic nitrogens is 1. The van der Waals surface area contributed by atoms with Crippen LogP contribution in [0.2, 0.25) is 0 Å². The van der Waals surface area contributed by atoms with Crippen LogP contribution in [0.5, 0.6) is 0 Å². The topological polar surface area (TPSA) is 185 Å². The fraction of sp³-hybridized carbons (Fsp3) is 0.438. The molecule has 14 heteroatoms. The molecule has 1 aromatic carbocycles. The van der Waals surface area contributed by atoms with Crippen LogP contribution in [-0.2, 0) is 25.8 Å². The van der Waals surface area contributed by atoms with Crippen LogP contribution in [0.4, 0.5) is 0 Å². The Morgan fingerprint density at radius 1 is 1.23 bits per heavy atom. The number of hydrogen-bond acceptors (Lipinski definition) is 11. The summed E-state index contributed by atoms with van der Waals surface area (Å²) in [6.45, 7) is -0.623. The fourth-order valence-electron chi connectivity index (χ4n) is 2.92. The van der Waals surface area contributed by atoms with Gasteiger partial charge in [0.1, 0.15) is 34.9 Å². The van der Waals surface area contributed by atoms with Crippen LogP contribution in [0, 0.1) is 0 Å². The molecule has 5 N–H and O–H groups in total. The van der Waals surface area contributed by atoms with Gasteiger partial charge < -0.3 is 34.7 Å². The molecule has 1 aliphatic rings. The maximum Gasteiger partial charge on any atom is 1.00 e. The Kier molecular flexibility index (Phi) is 9.75. The smallest absolute Gasteiger partial charge is 0.714 e. The van der Waals surface area contributed by atoms with Crippen molar-refractivity contribution in [3.8, 4) is 0 Å². The van der Waals surface area contributed by atoms with E-state index in [1.54, 1.807) is 12.3 Å². The summed E-state index contributed by atoms with van der Waals surface area (Å²) in [5, 5.41) is 43.4. The number of ether oxygens (including phenoxy) is 1. The molecule has 0 aliphatic carbocycles. The molecule has 5 unspecified atom stereocenters. The number of thioether (sulfide) groups is 1. The van der Waals surface area contributed by atoms with Gasteiger partial charge in [0.15, 0.2) is 0 Å². The first-order valence-electron chi connectivity index (χ1n) is 8.43. The zero-order chi connectivity index (χ0) is 21.2. The number of rotatable bonds is 6. The third-order valence-corrected chi connectivity index (χ3v) is 5.72. The van der Waals surface area contributed by atoms with E-state index in [-0.39, 0.29) is 62.8 Å². The van der Waals surface area contributed by atoms with Crippen molar-refractivity contribution in [1.82, 2.24) is 4.98 Å². The third kappa shape index (κ3) is 6.47. The van der Waals surface area contributed by atoms with Crippen LogP contribution >= 0.6 is 11.8 Å². The van der Waals surface area contributed by atoms with E-state index in [1.165, 1.54) is 0 Å². The molecule has 1 fully saturated rings. The second kappa shape index (κ2) is 11.2. The maximum absolute atomic E-state index is 10.8. The van der Waals surface area contributed by atoms with Gasteiger partial charge >= 0.3 is 51.4 Å². The molecule has 2 aromatic rings. The van der Waals surface area contributed by atoms with Gasteiger partial charge in [0, 0.05) is 23.5 Å². The number of benzene rings is 1. The average Bonchev–Trinajstić information content (AvgIpc) is 3.08. The van der Waals surface area contributed by atoms with Crippen LogP contribution < -0.4 is 51.4 Å². The van der Waals surface area contributed by atoms with Crippen molar-refractivity contribution >= 4 is 38.1 Å². The number of aliphatic hydroxyl groups excluding tert-OH is 4. The molecule has 0 spiro atoms. The Bertz CT molecular complexity index is 982. The number of oxime groups is 1. The number of nitrogens with one attached hydrogen (secondary N) is 1. The molecule has 0 saturated carbocycles. The molecule has 0 bridgehead atoms. The summed E-state index contributed by atoms with van der Waals surface area (Å²) in [5.74, 6) is 0. The quantitative estimate of drug-likeness (QED) is 0.0674. The van der Waals surface area contributed by atoms with E-state index in [0.29, 0.717) is 17.3 Å². The summed E-state index contributed by atoms with van der Waals surface area (Å²) in [7, 11) is -5.12. The first-order chi connectivity index (χ1) is 13.7. The Morgan fingerprint density at radius 2 is 1.93 bits per heavy atom. The van der Waals surface area contributed by atoms with Gasteiger partial charge in [0.25, 0.3) is 10.4 Å². The summed E-state index contributed by atoms with van der Waals surface area (Å²) in [5.41, 5.74) is 0.299. The molecule has 1 aromatic heterocycles. The Hall–Kier alpha value is -0.0736. The minimum absolute atomic E-state index is 0. The van der Waals surface area contributed by atoms with Crippen LogP contribution in [0.1, 0.15) is 5.56 Å². The van der Waals surface area contributed by atoms with Gasteiger partial charge in [0.05, 0.1) is 6.61 Å². The molecular formula is C16H19KN2O9S2. The van der Waals surface area contributed by atoms with Gasteiger partial charge in [-0.15, -0.1) is 0 Å². The minimum Gasteiger partial charge on any atom is -0.714 e. The first kappa shape index (κ1) is 26.2. The monoisotopic (exact) mass is 486 g/mol. The van der Waals surface area contributed by atoms with Gasteiger partial charge in [-0.2, -0.15) is 8.42 Å². The molecule has 1 aliphatic heterocycles. The summed E-state index contributed by atoms with van der Waals surface area (Å²) >= 11 is 0.699. The summed E-state index contributed by atoms with van der Waals surface area (Å²) in [6, 6.07) is 7.29. The summed E-state index contributed by atoms with van der Waals surface area (Å²) < 4.78 is 41.8. The molecule has 160 valence electrons. The van der Waals surface area contributed by atoms with Crippen LogP contribution in [-0.4, -0.2) is 79.9 Å². The van der Waals surface area contributed by atoms with Crippen molar-refractivity contribution in [1.29, 1.82) is 0 Å². The fourth-order valence-corrected chi connectivity index (χ4v) is 4.24. The zero-order valence-corrected chi connectivity index (χ0v) is 20.5. The van der Waals surface area contributed by atoms with E-state index in [2.05, 4.69) is 14.4 Å². The van der Waals surface area contributed by atoms with Crippen molar-refractivity contribution in [2.45, 2.75) is 36.3 Å². The largest absolute Gasteiger partial charge is 1.00 e. The third-order valence-electron chi connectivity index (χ3n) is 4.35. The van der Waals surface area contributed by atoms with Crippen molar-refractivity contribution in [3.63, 3.8) is 0 Å². The predicted octanol–water partition coefficient (Wildman–Crippen LogP) is -3.96. The molecule has 2 heterocycles. The van der Waals surface area contributed by atoms with Crippen molar-refractivity contribution in [3.05, 3.63) is 36.0 Å². The zero-order valence-electron chi connectivity index (χ0n) is 15.8. The Labute approximate surface area is 218 Å². The summed E-state index contributed by atoms with van der Waals surface area (Å²) in [4.78, 5) is 3.04. The van der Waals surface area contributed by atoms with E-state index < -0.39 is 46.9 Å². The minimum atomic E-state index is -5.12. The number of aliphatic hydroxyl groups is 4. The van der Waals surface area contributed by atoms with Gasteiger partial charge in [0.2, 0.25) is 0 Å². The van der Waals surface area contributed by atoms with Crippen LogP contribution in [0.3, 0.4) is 0 Å². The molecule has 0 radical (unpaired) electrons. The number of aromatic amines is 1. The molecule has 30 heavy (non-hydrogen) atoms. The standard InChI is InChI=1S/C16H20N2O9S2.K/c19-7-11-13(20)14(21)15(22)16(26-11)28-12(18-27-29(23,24)25)5-8-6-17-10-4-2-1-3-9(8)10;/h1-4,6,11,13-17,19-22H,5,7H2,(H,23,24,25);/q;+1/p-1/b18-12-;. The number of nitrogens with zero attached hydrogens (tertiary/aromatic N) is 1. The average molecular weight is 487 g/mol. The molecule has 11 nitrogen and oxygen atoms in total. The van der Waals surface area contributed by atoms with Gasteiger partial charge in [-0.25, -0.2) is 0 Å². The van der Waals surface area contributed by atoms with Crippen LogP contribution in [0.15, 0.2) is 35.6 Å². The second-order valence-electron chi connectivity index (χ2n) is 6.32. The Morgan fingerprint density at radius 3 is 2.60 bits per heavy atom. The number of fused-ring (bicyclic) bond motifs is 1. The maximum atomic E-state index is 10.8. The van der Waals surface area contributed by atoms with E-state index in [9.17, 15) is 33.4 Å². The Balaban J connectivity index is 0.00000320. The number of hydrogen-bond donors (Lipinski definition) is 5. The molecular weight excluding hydrogens is 467 g/mol. The molecule has 3 rings (SSSR count). The number of H-pyrrole nitrogens is 1. The van der Waals surface area contributed by atoms with Crippen molar-refractivity contribution in [2.75, 3.05) is 6.61 Å². The van der Waals surface area contributed by atoms with Crippen LogP contribution in [0.25, 0.3) is 10.9 Å².